The molecule has 1 rings (SSSR count). The van der Waals surface area contributed by atoms with Gasteiger partial charge in [-0.05, 0) is 33.1 Å². The van der Waals surface area contributed by atoms with Crippen molar-refractivity contribution in [3.8, 4) is 0 Å². The minimum atomic E-state index is -3.29. The molecule has 0 spiro atoms. The van der Waals surface area contributed by atoms with E-state index in [1.807, 2.05) is 13.8 Å². The van der Waals surface area contributed by atoms with Gasteiger partial charge >= 0.3 is 0 Å². The van der Waals surface area contributed by atoms with Crippen LogP contribution in [-0.2, 0) is 10.2 Å². The van der Waals surface area contributed by atoms with Crippen molar-refractivity contribution in [3.05, 3.63) is 0 Å². The first-order chi connectivity index (χ1) is 8.00. The zero-order valence-electron chi connectivity index (χ0n) is 10.7. The van der Waals surface area contributed by atoms with Crippen LogP contribution in [0.15, 0.2) is 0 Å². The minimum absolute atomic E-state index is 0.00913. The van der Waals surface area contributed by atoms with Crippen molar-refractivity contribution in [1.82, 2.24) is 8.61 Å². The topological polar surface area (TPSA) is 40.6 Å². The summed E-state index contributed by atoms with van der Waals surface area (Å²) in [6.45, 7) is 5.66. The van der Waals surface area contributed by atoms with Gasteiger partial charge in [-0.3, -0.25) is 0 Å². The van der Waals surface area contributed by atoms with E-state index in [0.29, 0.717) is 31.9 Å². The zero-order valence-corrected chi connectivity index (χ0v) is 12.3. The second-order valence-corrected chi connectivity index (χ2v) is 6.97. The molecule has 1 aliphatic rings. The Balaban J connectivity index is 2.75. The highest BCUT2D eigenvalue weighted by Crippen LogP contribution is 2.18. The van der Waals surface area contributed by atoms with E-state index in [0.717, 1.165) is 19.3 Å². The first kappa shape index (κ1) is 15.2. The largest absolute Gasteiger partial charge is 0.282 e. The molecule has 1 heterocycles. The van der Waals surface area contributed by atoms with Gasteiger partial charge in [0, 0.05) is 31.6 Å². The Morgan fingerprint density at radius 3 is 2.29 bits per heavy atom. The lowest BCUT2D eigenvalue weighted by molar-refractivity contribution is 0.281. The summed E-state index contributed by atoms with van der Waals surface area (Å²) in [5.41, 5.74) is 0. The minimum Gasteiger partial charge on any atom is -0.195 e. The van der Waals surface area contributed by atoms with Gasteiger partial charge < -0.3 is 0 Å². The average molecular weight is 283 g/mol. The highest BCUT2D eigenvalue weighted by molar-refractivity contribution is 7.86. The number of hydrogen-bond acceptors (Lipinski definition) is 2. The third-order valence-electron chi connectivity index (χ3n) is 3.03. The van der Waals surface area contributed by atoms with Gasteiger partial charge in [0.15, 0.2) is 0 Å². The van der Waals surface area contributed by atoms with E-state index in [2.05, 4.69) is 0 Å². The number of rotatable bonds is 6. The molecule has 0 radical (unpaired) electrons. The Morgan fingerprint density at radius 1 is 1.24 bits per heavy atom. The highest BCUT2D eigenvalue weighted by atomic mass is 35.5. The molecular weight excluding hydrogens is 260 g/mol. The van der Waals surface area contributed by atoms with Gasteiger partial charge in [0.05, 0.1) is 0 Å². The summed E-state index contributed by atoms with van der Waals surface area (Å²) >= 11 is 5.65. The molecule has 0 aromatic carbocycles. The lowest BCUT2D eigenvalue weighted by atomic mass is 10.2. The van der Waals surface area contributed by atoms with E-state index < -0.39 is 10.2 Å². The standard InChI is InChI=1S/C11H23ClN2O2S/c1-11(2)14(10-6-7-12)17(15,16)13-8-4-3-5-9-13/h11H,3-10H2,1-2H3. The molecule has 0 unspecified atom stereocenters. The summed E-state index contributed by atoms with van der Waals surface area (Å²) in [6, 6.07) is -0.00913. The maximum absolute atomic E-state index is 12.4. The van der Waals surface area contributed by atoms with Crippen LogP contribution in [0.1, 0.15) is 39.5 Å². The summed E-state index contributed by atoms with van der Waals surface area (Å²) in [5, 5.41) is 0. The van der Waals surface area contributed by atoms with Crippen LogP contribution < -0.4 is 0 Å². The second-order valence-electron chi connectivity index (χ2n) is 4.71. The van der Waals surface area contributed by atoms with Crippen LogP contribution in [-0.4, -0.2) is 48.6 Å². The molecule has 0 saturated carbocycles. The SMILES string of the molecule is CC(C)N(CCCCl)S(=O)(=O)N1CCCCC1. The molecular formula is C11H23ClN2O2S. The van der Waals surface area contributed by atoms with Crippen molar-refractivity contribution in [2.24, 2.45) is 0 Å². The Labute approximate surface area is 110 Å². The van der Waals surface area contributed by atoms with Crippen molar-refractivity contribution in [2.45, 2.75) is 45.6 Å². The van der Waals surface area contributed by atoms with Crippen molar-refractivity contribution >= 4 is 21.8 Å². The normalized spacial score (nSPS) is 19.1. The van der Waals surface area contributed by atoms with Crippen LogP contribution in [0.3, 0.4) is 0 Å². The van der Waals surface area contributed by atoms with Gasteiger partial charge in [0.25, 0.3) is 10.2 Å². The maximum Gasteiger partial charge on any atom is 0.282 e. The first-order valence-corrected chi connectivity index (χ1v) is 8.26. The Kier molecular flexibility index (Phi) is 6.20. The molecule has 0 bridgehead atoms. The number of nitrogens with zero attached hydrogens (tertiary/aromatic N) is 2. The molecule has 102 valence electrons. The summed E-state index contributed by atoms with van der Waals surface area (Å²) < 4.78 is 28.1. The molecule has 0 atom stereocenters. The summed E-state index contributed by atoms with van der Waals surface area (Å²) in [4.78, 5) is 0. The molecule has 17 heavy (non-hydrogen) atoms. The maximum atomic E-state index is 12.4. The molecule has 1 aliphatic heterocycles. The predicted molar refractivity (Wildman–Crippen MR) is 71.5 cm³/mol. The molecule has 4 nitrogen and oxygen atoms in total. The Bertz CT molecular complexity index is 313. The van der Waals surface area contributed by atoms with Crippen molar-refractivity contribution in [3.63, 3.8) is 0 Å². The lowest BCUT2D eigenvalue weighted by Gasteiger charge is -2.34. The average Bonchev–Trinajstić information content (AvgIpc) is 2.30. The van der Waals surface area contributed by atoms with E-state index in [1.54, 1.807) is 8.61 Å². The molecule has 1 fully saturated rings. The van der Waals surface area contributed by atoms with Crippen LogP contribution >= 0.6 is 11.6 Å². The van der Waals surface area contributed by atoms with Gasteiger partial charge in [-0.1, -0.05) is 6.42 Å². The van der Waals surface area contributed by atoms with Gasteiger partial charge in [-0.15, -0.1) is 11.6 Å². The van der Waals surface area contributed by atoms with Crippen LogP contribution in [0.5, 0.6) is 0 Å². The fraction of sp³-hybridized carbons (Fsp3) is 1.00. The predicted octanol–water partition coefficient (Wildman–Crippen LogP) is 2.06. The molecule has 0 aliphatic carbocycles. The fourth-order valence-electron chi connectivity index (χ4n) is 2.10. The van der Waals surface area contributed by atoms with Crippen LogP contribution in [0.25, 0.3) is 0 Å². The third-order valence-corrected chi connectivity index (χ3v) is 5.51. The molecule has 0 amide bonds. The van der Waals surface area contributed by atoms with Crippen molar-refractivity contribution in [2.75, 3.05) is 25.5 Å². The van der Waals surface area contributed by atoms with Crippen LogP contribution in [0, 0.1) is 0 Å². The second kappa shape index (κ2) is 6.92. The van der Waals surface area contributed by atoms with E-state index in [9.17, 15) is 8.42 Å². The van der Waals surface area contributed by atoms with Gasteiger partial charge in [-0.2, -0.15) is 17.0 Å². The number of alkyl halides is 1. The lowest BCUT2D eigenvalue weighted by Crippen LogP contribution is -2.49. The van der Waals surface area contributed by atoms with Gasteiger partial charge in [0.1, 0.15) is 0 Å². The first-order valence-electron chi connectivity index (χ1n) is 6.33. The zero-order chi connectivity index (χ0) is 12.9. The third kappa shape index (κ3) is 4.09. The summed E-state index contributed by atoms with van der Waals surface area (Å²) in [5.74, 6) is 0.499. The van der Waals surface area contributed by atoms with E-state index >= 15 is 0 Å². The monoisotopic (exact) mass is 282 g/mol. The smallest absolute Gasteiger partial charge is 0.195 e. The van der Waals surface area contributed by atoms with Crippen molar-refractivity contribution < 1.29 is 8.42 Å². The summed E-state index contributed by atoms with van der Waals surface area (Å²) in [6.07, 6.45) is 3.78. The fourth-order valence-corrected chi connectivity index (χ4v) is 4.13. The quantitative estimate of drug-likeness (QED) is 0.700. The van der Waals surface area contributed by atoms with Crippen LogP contribution in [0.4, 0.5) is 0 Å². The number of piperidine rings is 1. The molecule has 0 aromatic rings. The van der Waals surface area contributed by atoms with Gasteiger partial charge in [0.2, 0.25) is 0 Å². The Morgan fingerprint density at radius 2 is 1.82 bits per heavy atom. The van der Waals surface area contributed by atoms with Crippen LogP contribution in [0.2, 0.25) is 0 Å². The van der Waals surface area contributed by atoms with E-state index in [4.69, 9.17) is 11.6 Å². The van der Waals surface area contributed by atoms with Gasteiger partial charge in [-0.25, -0.2) is 0 Å². The molecule has 0 aromatic heterocycles. The summed E-state index contributed by atoms with van der Waals surface area (Å²) in [7, 11) is -3.29. The number of halogens is 1. The Hall–Kier alpha value is 0.160. The molecule has 1 saturated heterocycles. The van der Waals surface area contributed by atoms with E-state index in [-0.39, 0.29) is 6.04 Å². The van der Waals surface area contributed by atoms with Crippen molar-refractivity contribution in [1.29, 1.82) is 0 Å². The van der Waals surface area contributed by atoms with E-state index in [1.165, 1.54) is 0 Å². The molecule has 6 heteroatoms. The number of hydrogen-bond donors (Lipinski definition) is 0. The highest BCUT2D eigenvalue weighted by Gasteiger charge is 2.31. The molecule has 0 N–H and O–H groups in total.